The second-order valence-electron chi connectivity index (χ2n) is 7.43. The molecule has 2 atom stereocenters. The highest BCUT2D eigenvalue weighted by atomic mass is 19.1. The minimum absolute atomic E-state index is 0.0153. The Balaban J connectivity index is 2.13. The molecule has 0 aliphatic carbocycles. The number of aliphatic hydroxyl groups is 1. The molecule has 7 heteroatoms. The number of carbonyl (C=O) groups excluding carboxylic acids is 1. The third kappa shape index (κ3) is 4.37. The number of hydrogen-bond donors (Lipinski definition) is 2. The number of morpholine rings is 1. The van der Waals surface area contributed by atoms with E-state index >= 15 is 4.39 Å². The number of ether oxygens (including phenoxy) is 1. The van der Waals surface area contributed by atoms with Crippen molar-refractivity contribution in [2.45, 2.75) is 37.9 Å². The van der Waals surface area contributed by atoms with Crippen molar-refractivity contribution in [1.82, 2.24) is 4.90 Å². The number of halogens is 1. The average Bonchev–Trinajstić information content (AvgIpc) is 2.77. The average molecular weight is 415 g/mol. The van der Waals surface area contributed by atoms with Gasteiger partial charge in [-0.15, -0.1) is 0 Å². The van der Waals surface area contributed by atoms with E-state index in [4.69, 9.17) is 4.74 Å². The van der Waals surface area contributed by atoms with Crippen LogP contribution in [-0.4, -0.2) is 53.3 Å². The molecule has 1 heterocycles. The minimum atomic E-state index is -1.74. The fourth-order valence-corrected chi connectivity index (χ4v) is 3.99. The van der Waals surface area contributed by atoms with Crippen molar-refractivity contribution >= 4 is 12.4 Å². The molecule has 1 aliphatic rings. The Morgan fingerprint density at radius 1 is 1.33 bits per heavy atom. The molecule has 0 spiro atoms. The molecule has 3 rings (SSSR count). The third-order valence-corrected chi connectivity index (χ3v) is 5.62. The fraction of sp³-hybridized carbons (Fsp3) is 0.391. The summed E-state index contributed by atoms with van der Waals surface area (Å²) in [4.78, 5) is 23.7. The molecule has 1 amide bonds. The monoisotopic (exact) mass is 415 g/mol. The van der Waals surface area contributed by atoms with Crippen LogP contribution < -0.4 is 0 Å². The summed E-state index contributed by atoms with van der Waals surface area (Å²) >= 11 is 0. The third-order valence-electron chi connectivity index (χ3n) is 5.62. The lowest BCUT2D eigenvalue weighted by atomic mass is 9.79. The smallest absolute Gasteiger partial charge is 0.407 e. The molecule has 2 N–H and O–H groups in total. The van der Waals surface area contributed by atoms with E-state index in [1.165, 1.54) is 12.1 Å². The van der Waals surface area contributed by atoms with Gasteiger partial charge >= 0.3 is 6.09 Å². The van der Waals surface area contributed by atoms with Crippen LogP contribution in [0.2, 0.25) is 0 Å². The number of rotatable bonds is 7. The standard InChI is InChI=1S/C23H26FNO5/c1-2-16-6-3-7-17(14-16)21-18(8-4-9-19(21)24)23(29,10-5-12-26)20-15-25(22(27)28)11-13-30-20/h3-4,6-9,12,14,20,29H,2,5,10-11,13,15H2,1H3,(H,27,28)/t20-,23-/m1/s1. The summed E-state index contributed by atoms with van der Waals surface area (Å²) in [5.41, 5.74) is 0.406. The van der Waals surface area contributed by atoms with Gasteiger partial charge < -0.3 is 24.6 Å². The SMILES string of the molecule is CCc1cccc(-c2c(F)cccc2[C@](O)(CCC=O)[C@H]2CN(C(=O)O)CCO2)c1. The van der Waals surface area contributed by atoms with E-state index in [1.807, 2.05) is 25.1 Å². The van der Waals surface area contributed by atoms with Crippen LogP contribution in [0.5, 0.6) is 0 Å². The van der Waals surface area contributed by atoms with Crippen LogP contribution in [0.1, 0.15) is 30.9 Å². The van der Waals surface area contributed by atoms with E-state index in [0.717, 1.165) is 16.9 Å². The van der Waals surface area contributed by atoms with Gasteiger partial charge in [-0.05, 0) is 35.6 Å². The maximum atomic E-state index is 15.1. The fourth-order valence-electron chi connectivity index (χ4n) is 3.99. The van der Waals surface area contributed by atoms with Crippen molar-refractivity contribution < 1.29 is 28.9 Å². The van der Waals surface area contributed by atoms with Gasteiger partial charge in [-0.3, -0.25) is 0 Å². The summed E-state index contributed by atoms with van der Waals surface area (Å²) in [6, 6.07) is 11.9. The molecular formula is C23H26FNO5. The first-order chi connectivity index (χ1) is 14.4. The molecule has 0 unspecified atom stereocenters. The zero-order chi connectivity index (χ0) is 21.7. The molecule has 1 fully saturated rings. The van der Waals surface area contributed by atoms with Crippen molar-refractivity contribution in [3.05, 3.63) is 59.4 Å². The van der Waals surface area contributed by atoms with Crippen molar-refractivity contribution in [3.63, 3.8) is 0 Å². The Bertz CT molecular complexity index is 918. The molecule has 2 aromatic carbocycles. The maximum Gasteiger partial charge on any atom is 0.407 e. The zero-order valence-corrected chi connectivity index (χ0v) is 16.9. The van der Waals surface area contributed by atoms with E-state index in [9.17, 15) is 19.8 Å². The molecule has 160 valence electrons. The summed E-state index contributed by atoms with van der Waals surface area (Å²) in [5, 5.41) is 21.1. The Morgan fingerprint density at radius 2 is 2.10 bits per heavy atom. The molecule has 1 saturated heterocycles. The predicted octanol–water partition coefficient (Wildman–Crippen LogP) is 3.60. The lowest BCUT2D eigenvalue weighted by Gasteiger charge is -2.42. The number of aldehydes is 1. The van der Waals surface area contributed by atoms with Crippen molar-refractivity contribution in [3.8, 4) is 11.1 Å². The van der Waals surface area contributed by atoms with Gasteiger partial charge in [-0.25, -0.2) is 9.18 Å². The Kier molecular flexibility index (Phi) is 6.84. The highest BCUT2D eigenvalue weighted by molar-refractivity contribution is 5.70. The summed E-state index contributed by atoms with van der Waals surface area (Å²) in [5.74, 6) is -0.504. The van der Waals surface area contributed by atoms with Gasteiger partial charge in [0.2, 0.25) is 0 Å². The number of carbonyl (C=O) groups is 2. The Hall–Kier alpha value is -2.77. The maximum absolute atomic E-state index is 15.1. The largest absolute Gasteiger partial charge is 0.465 e. The van der Waals surface area contributed by atoms with Crippen molar-refractivity contribution in [2.75, 3.05) is 19.7 Å². The summed E-state index contributed by atoms with van der Waals surface area (Å²) in [7, 11) is 0. The van der Waals surface area contributed by atoms with E-state index in [0.29, 0.717) is 11.8 Å². The summed E-state index contributed by atoms with van der Waals surface area (Å²) < 4.78 is 20.8. The molecule has 0 aromatic heterocycles. The first-order valence-corrected chi connectivity index (χ1v) is 10.0. The van der Waals surface area contributed by atoms with E-state index in [-0.39, 0.29) is 43.7 Å². The Morgan fingerprint density at radius 3 is 2.80 bits per heavy atom. The molecule has 0 saturated carbocycles. The molecule has 1 aliphatic heterocycles. The highest BCUT2D eigenvalue weighted by Gasteiger charge is 2.44. The van der Waals surface area contributed by atoms with Gasteiger partial charge in [0.15, 0.2) is 0 Å². The quantitative estimate of drug-likeness (QED) is 0.675. The van der Waals surface area contributed by atoms with Gasteiger partial charge in [-0.2, -0.15) is 0 Å². The summed E-state index contributed by atoms with van der Waals surface area (Å²) in [6.45, 7) is 2.22. The number of nitrogens with zero attached hydrogens (tertiary/aromatic N) is 1. The molecular weight excluding hydrogens is 389 g/mol. The van der Waals surface area contributed by atoms with E-state index in [2.05, 4.69) is 0 Å². The highest BCUT2D eigenvalue weighted by Crippen LogP contribution is 2.40. The van der Waals surface area contributed by atoms with Gasteiger partial charge in [0.1, 0.15) is 23.8 Å². The van der Waals surface area contributed by atoms with Crippen molar-refractivity contribution in [1.29, 1.82) is 0 Å². The molecule has 0 radical (unpaired) electrons. The normalized spacial score (nSPS) is 18.6. The summed E-state index contributed by atoms with van der Waals surface area (Å²) in [6.07, 6.45) is -0.591. The number of carboxylic acid groups (broad SMARTS) is 1. The second kappa shape index (κ2) is 9.36. The molecule has 6 nitrogen and oxygen atoms in total. The van der Waals surface area contributed by atoms with Gasteiger partial charge in [0.25, 0.3) is 0 Å². The first-order valence-electron chi connectivity index (χ1n) is 10.0. The van der Waals surface area contributed by atoms with Crippen LogP contribution in [0.15, 0.2) is 42.5 Å². The number of aryl methyl sites for hydroxylation is 1. The number of benzene rings is 2. The van der Waals surface area contributed by atoms with E-state index < -0.39 is 23.6 Å². The van der Waals surface area contributed by atoms with Gasteiger partial charge in [-0.1, -0.05) is 43.3 Å². The van der Waals surface area contributed by atoms with E-state index in [1.54, 1.807) is 12.1 Å². The molecule has 0 bridgehead atoms. The number of amides is 1. The van der Waals surface area contributed by atoms with Crippen LogP contribution in [0.3, 0.4) is 0 Å². The topological polar surface area (TPSA) is 87.1 Å². The van der Waals surface area contributed by atoms with Crippen LogP contribution in [0, 0.1) is 5.82 Å². The van der Waals surface area contributed by atoms with Gasteiger partial charge in [0.05, 0.1) is 13.2 Å². The number of hydrogen-bond acceptors (Lipinski definition) is 4. The van der Waals surface area contributed by atoms with Gasteiger partial charge in [0, 0.05) is 18.5 Å². The van der Waals surface area contributed by atoms with Crippen LogP contribution in [0.4, 0.5) is 9.18 Å². The van der Waals surface area contributed by atoms with Crippen LogP contribution in [-0.2, 0) is 21.6 Å². The molecule has 2 aromatic rings. The van der Waals surface area contributed by atoms with Crippen LogP contribution in [0.25, 0.3) is 11.1 Å². The van der Waals surface area contributed by atoms with Crippen molar-refractivity contribution in [2.24, 2.45) is 0 Å². The lowest BCUT2D eigenvalue weighted by Crippen LogP contribution is -2.54. The second-order valence-corrected chi connectivity index (χ2v) is 7.43. The predicted molar refractivity (Wildman–Crippen MR) is 110 cm³/mol. The zero-order valence-electron chi connectivity index (χ0n) is 16.9. The first kappa shape index (κ1) is 21.9. The molecule has 30 heavy (non-hydrogen) atoms. The lowest BCUT2D eigenvalue weighted by molar-refractivity contribution is -0.148. The van der Waals surface area contributed by atoms with Crippen LogP contribution >= 0.6 is 0 Å². The Labute approximate surface area is 174 Å². The minimum Gasteiger partial charge on any atom is -0.465 e.